The first-order valence-electron chi connectivity index (χ1n) is 9.09. The highest BCUT2D eigenvalue weighted by Crippen LogP contribution is 2.27. The second-order valence-corrected chi connectivity index (χ2v) is 14.4. The number of aromatic nitrogens is 1. The van der Waals surface area contributed by atoms with E-state index in [0.29, 0.717) is 5.92 Å². The molecule has 0 atom stereocenters. The predicted octanol–water partition coefficient (Wildman–Crippen LogP) is 5.79. The van der Waals surface area contributed by atoms with E-state index in [1.165, 1.54) is 21.9 Å². The van der Waals surface area contributed by atoms with E-state index in [2.05, 4.69) is 90.8 Å². The largest absolute Gasteiger partial charge is 0.256 e. The van der Waals surface area contributed by atoms with E-state index < -0.39 is 8.07 Å². The van der Waals surface area contributed by atoms with E-state index in [-0.39, 0.29) is 5.41 Å². The molecule has 1 nitrogen and oxygen atoms in total. The molecule has 0 aliphatic rings. The van der Waals surface area contributed by atoms with Crippen molar-refractivity contribution in [2.24, 2.45) is 5.92 Å². The molecule has 2 rings (SSSR count). The van der Waals surface area contributed by atoms with Gasteiger partial charge in [0.2, 0.25) is 0 Å². The lowest BCUT2D eigenvalue weighted by Crippen LogP contribution is -2.40. The Morgan fingerprint density at radius 1 is 1.04 bits per heavy atom. The average Bonchev–Trinajstić information content (AvgIpc) is 2.44. The molecule has 0 spiro atoms. The Kier molecular flexibility index (Phi) is 5.39. The molecule has 0 saturated carbocycles. The molecule has 0 saturated heterocycles. The van der Waals surface area contributed by atoms with E-state index in [1.807, 2.05) is 0 Å². The summed E-state index contributed by atoms with van der Waals surface area (Å²) in [6, 6.07) is 11.2. The van der Waals surface area contributed by atoms with Crippen LogP contribution in [0.4, 0.5) is 0 Å². The number of rotatable bonds is 4. The lowest BCUT2D eigenvalue weighted by atomic mass is 9.86. The van der Waals surface area contributed by atoms with Crippen molar-refractivity contribution in [3.05, 3.63) is 47.7 Å². The van der Waals surface area contributed by atoms with Crippen LogP contribution in [-0.4, -0.2) is 13.1 Å². The SMILES string of the molecule is CC(C)Cc1cc(-c2cccc(C(C)(C)C)c2)ncc1[Si](C)(C)C. The van der Waals surface area contributed by atoms with Crippen molar-refractivity contribution in [3.8, 4) is 11.3 Å². The van der Waals surface area contributed by atoms with Crippen LogP contribution in [-0.2, 0) is 11.8 Å². The molecule has 0 N–H and O–H groups in total. The lowest BCUT2D eigenvalue weighted by Gasteiger charge is -2.23. The number of hydrogen-bond acceptors (Lipinski definition) is 1. The van der Waals surface area contributed by atoms with Crippen molar-refractivity contribution in [1.29, 1.82) is 0 Å². The van der Waals surface area contributed by atoms with Gasteiger partial charge in [-0.1, -0.05) is 72.5 Å². The zero-order chi connectivity index (χ0) is 18.1. The highest BCUT2D eigenvalue weighted by atomic mass is 28.3. The quantitative estimate of drug-likeness (QED) is 0.642. The van der Waals surface area contributed by atoms with Crippen molar-refractivity contribution in [1.82, 2.24) is 4.98 Å². The van der Waals surface area contributed by atoms with Crippen LogP contribution in [0.15, 0.2) is 36.5 Å². The first-order valence-corrected chi connectivity index (χ1v) is 12.6. The van der Waals surface area contributed by atoms with E-state index >= 15 is 0 Å². The summed E-state index contributed by atoms with van der Waals surface area (Å²) in [6.45, 7) is 18.6. The van der Waals surface area contributed by atoms with Crippen molar-refractivity contribution < 1.29 is 0 Å². The Hall–Kier alpha value is -1.41. The van der Waals surface area contributed by atoms with Crippen molar-refractivity contribution >= 4 is 13.3 Å². The molecule has 0 aliphatic carbocycles. The minimum absolute atomic E-state index is 0.162. The van der Waals surface area contributed by atoms with Gasteiger partial charge in [-0.2, -0.15) is 0 Å². The fourth-order valence-electron chi connectivity index (χ4n) is 3.08. The number of pyridine rings is 1. The average molecular weight is 340 g/mol. The van der Waals surface area contributed by atoms with Gasteiger partial charge in [0, 0.05) is 11.8 Å². The molecule has 2 heteroatoms. The van der Waals surface area contributed by atoms with Gasteiger partial charge in [0.15, 0.2) is 0 Å². The van der Waals surface area contributed by atoms with Gasteiger partial charge in [-0.15, -0.1) is 0 Å². The van der Waals surface area contributed by atoms with Crippen LogP contribution in [0.3, 0.4) is 0 Å². The summed E-state index contributed by atoms with van der Waals surface area (Å²) in [7, 11) is -1.37. The maximum absolute atomic E-state index is 4.84. The molecular weight excluding hydrogens is 306 g/mol. The summed E-state index contributed by atoms with van der Waals surface area (Å²) in [5.74, 6) is 0.663. The molecule has 2 aromatic rings. The van der Waals surface area contributed by atoms with Crippen LogP contribution in [0.1, 0.15) is 45.7 Å². The standard InChI is InChI=1S/C22H33NSi/c1-16(2)12-18-14-20(23-15-21(18)24(6,7)8)17-10-9-11-19(13-17)22(3,4)5/h9-11,13-16H,12H2,1-8H3. The molecule has 130 valence electrons. The predicted molar refractivity (Wildman–Crippen MR) is 110 cm³/mol. The Morgan fingerprint density at radius 2 is 1.71 bits per heavy atom. The minimum Gasteiger partial charge on any atom is -0.256 e. The minimum atomic E-state index is -1.37. The molecule has 0 bridgehead atoms. The van der Waals surface area contributed by atoms with Gasteiger partial charge in [-0.05, 0) is 46.2 Å². The number of nitrogens with zero attached hydrogens (tertiary/aromatic N) is 1. The van der Waals surface area contributed by atoms with Gasteiger partial charge >= 0.3 is 0 Å². The molecule has 1 aromatic heterocycles. The Morgan fingerprint density at radius 3 is 2.25 bits per heavy atom. The molecule has 0 aliphatic heterocycles. The third-order valence-corrected chi connectivity index (χ3v) is 6.52. The first-order chi connectivity index (χ1) is 11.0. The molecule has 24 heavy (non-hydrogen) atoms. The molecular formula is C22H33NSi. The van der Waals surface area contributed by atoms with Crippen LogP contribution in [0, 0.1) is 5.92 Å². The maximum Gasteiger partial charge on any atom is 0.0799 e. The zero-order valence-electron chi connectivity index (χ0n) is 16.7. The Balaban J connectivity index is 2.52. The first kappa shape index (κ1) is 18.9. The van der Waals surface area contributed by atoms with Crippen molar-refractivity contribution in [3.63, 3.8) is 0 Å². The van der Waals surface area contributed by atoms with Crippen LogP contribution in [0.25, 0.3) is 11.3 Å². The molecule has 1 heterocycles. The maximum atomic E-state index is 4.84. The third kappa shape index (κ3) is 4.57. The van der Waals surface area contributed by atoms with Crippen molar-refractivity contribution in [2.45, 2.75) is 66.1 Å². The summed E-state index contributed by atoms with van der Waals surface area (Å²) in [6.07, 6.45) is 3.29. The van der Waals surface area contributed by atoms with Crippen LogP contribution >= 0.6 is 0 Å². The summed E-state index contributed by atoms with van der Waals surface area (Å²) >= 11 is 0. The van der Waals surface area contributed by atoms with E-state index in [9.17, 15) is 0 Å². The van der Waals surface area contributed by atoms with Gasteiger partial charge < -0.3 is 0 Å². The highest BCUT2D eigenvalue weighted by Gasteiger charge is 2.22. The molecule has 0 fully saturated rings. The van der Waals surface area contributed by atoms with Crippen LogP contribution < -0.4 is 5.19 Å². The monoisotopic (exact) mass is 339 g/mol. The molecule has 0 radical (unpaired) electrons. The number of benzene rings is 1. The summed E-state index contributed by atoms with van der Waals surface area (Å²) < 4.78 is 0. The summed E-state index contributed by atoms with van der Waals surface area (Å²) in [4.78, 5) is 4.84. The Labute approximate surface area is 149 Å². The molecule has 1 aromatic carbocycles. The lowest BCUT2D eigenvalue weighted by molar-refractivity contribution is 0.590. The molecule has 0 unspecified atom stereocenters. The summed E-state index contributed by atoms with van der Waals surface area (Å²) in [5, 5.41) is 1.51. The normalized spacial score (nSPS) is 12.7. The fourth-order valence-corrected chi connectivity index (χ4v) is 4.67. The topological polar surface area (TPSA) is 12.9 Å². The van der Waals surface area contributed by atoms with Crippen LogP contribution in [0.2, 0.25) is 19.6 Å². The van der Waals surface area contributed by atoms with Crippen molar-refractivity contribution in [2.75, 3.05) is 0 Å². The molecule has 0 amide bonds. The second kappa shape index (κ2) is 6.83. The van der Waals surface area contributed by atoms with E-state index in [4.69, 9.17) is 4.98 Å². The third-order valence-electron chi connectivity index (χ3n) is 4.45. The van der Waals surface area contributed by atoms with Crippen LogP contribution in [0.5, 0.6) is 0 Å². The van der Waals surface area contributed by atoms with Gasteiger partial charge in [-0.25, -0.2) is 0 Å². The zero-order valence-corrected chi connectivity index (χ0v) is 17.7. The van der Waals surface area contributed by atoms with E-state index in [1.54, 1.807) is 0 Å². The second-order valence-electron chi connectivity index (χ2n) is 9.41. The smallest absolute Gasteiger partial charge is 0.0799 e. The fraction of sp³-hybridized carbons (Fsp3) is 0.500. The van der Waals surface area contributed by atoms with Gasteiger partial charge in [-0.3, -0.25) is 4.98 Å². The van der Waals surface area contributed by atoms with Gasteiger partial charge in [0.1, 0.15) is 0 Å². The van der Waals surface area contributed by atoms with Gasteiger partial charge in [0.25, 0.3) is 0 Å². The summed E-state index contributed by atoms with van der Waals surface area (Å²) in [5.41, 5.74) is 5.36. The Bertz CT molecular complexity index is 703. The highest BCUT2D eigenvalue weighted by molar-refractivity contribution is 6.89. The number of hydrogen-bond donors (Lipinski definition) is 0. The van der Waals surface area contributed by atoms with E-state index in [0.717, 1.165) is 12.1 Å². The van der Waals surface area contributed by atoms with Gasteiger partial charge in [0.05, 0.1) is 13.8 Å².